The molecule has 3 N–H and O–H groups in total. The third-order valence-electron chi connectivity index (χ3n) is 1.19. The van der Waals surface area contributed by atoms with Gasteiger partial charge in [-0.15, -0.1) is 6.42 Å². The van der Waals surface area contributed by atoms with Crippen molar-refractivity contribution in [1.29, 1.82) is 0 Å². The number of aliphatic hydroxyl groups excluding tert-OH is 2. The van der Waals surface area contributed by atoms with Crippen LogP contribution >= 0.6 is 0 Å². The number of carboxylic acids is 1. The number of aliphatic hydroxyl groups is 2. The van der Waals surface area contributed by atoms with E-state index in [1.807, 2.05) is 5.92 Å². The lowest BCUT2D eigenvalue weighted by Gasteiger charge is -2.10. The van der Waals surface area contributed by atoms with Crippen molar-refractivity contribution < 1.29 is 20.1 Å². The van der Waals surface area contributed by atoms with Gasteiger partial charge in [0.1, 0.15) is 6.10 Å². The van der Waals surface area contributed by atoms with Crippen LogP contribution in [0.3, 0.4) is 0 Å². The van der Waals surface area contributed by atoms with Gasteiger partial charge in [-0.1, -0.05) is 5.92 Å². The van der Waals surface area contributed by atoms with Gasteiger partial charge in [-0.25, -0.2) is 0 Å². The maximum absolute atomic E-state index is 9.97. The second kappa shape index (κ2) is 4.72. The molecular weight excluding hydrogens is 148 g/mol. The van der Waals surface area contributed by atoms with Crippen LogP contribution in [0.15, 0.2) is 0 Å². The van der Waals surface area contributed by atoms with Crippen molar-refractivity contribution in [1.82, 2.24) is 0 Å². The molecule has 0 saturated carbocycles. The maximum Gasteiger partial charge on any atom is 0.303 e. The molecule has 0 saturated heterocycles. The average molecular weight is 158 g/mol. The van der Waals surface area contributed by atoms with Crippen molar-refractivity contribution in [2.45, 2.75) is 25.0 Å². The molecular formula is C7H10O4. The maximum atomic E-state index is 9.97. The highest BCUT2D eigenvalue weighted by Crippen LogP contribution is 2.01. The van der Waals surface area contributed by atoms with E-state index in [0.717, 1.165) is 0 Å². The van der Waals surface area contributed by atoms with Crippen LogP contribution < -0.4 is 0 Å². The zero-order chi connectivity index (χ0) is 8.85. The van der Waals surface area contributed by atoms with Crippen molar-refractivity contribution in [2.75, 3.05) is 0 Å². The van der Waals surface area contributed by atoms with Gasteiger partial charge < -0.3 is 15.3 Å². The first kappa shape index (κ1) is 9.95. The predicted octanol–water partition coefficient (Wildman–Crippen LogP) is -0.794. The van der Waals surface area contributed by atoms with Gasteiger partial charge in [-0.2, -0.15) is 0 Å². The van der Waals surface area contributed by atoms with E-state index < -0.39 is 18.2 Å². The fourth-order valence-electron chi connectivity index (χ4n) is 0.540. The summed E-state index contributed by atoms with van der Waals surface area (Å²) in [6.45, 7) is 0. The van der Waals surface area contributed by atoms with Crippen LogP contribution in [-0.4, -0.2) is 33.5 Å². The lowest BCUT2D eigenvalue weighted by atomic mass is 10.1. The number of hydrogen-bond donors (Lipinski definition) is 3. The molecule has 0 aliphatic carbocycles. The van der Waals surface area contributed by atoms with Crippen LogP contribution in [0.1, 0.15) is 12.8 Å². The number of rotatable bonds is 4. The van der Waals surface area contributed by atoms with E-state index in [-0.39, 0.29) is 12.8 Å². The molecule has 0 unspecified atom stereocenters. The molecule has 62 valence electrons. The highest BCUT2D eigenvalue weighted by Gasteiger charge is 2.14. The Morgan fingerprint density at radius 2 is 2.09 bits per heavy atom. The average Bonchev–Trinajstić information content (AvgIpc) is 1.98. The van der Waals surface area contributed by atoms with Gasteiger partial charge in [0.15, 0.2) is 0 Å². The third kappa shape index (κ3) is 4.37. The van der Waals surface area contributed by atoms with E-state index in [1.54, 1.807) is 0 Å². The van der Waals surface area contributed by atoms with E-state index in [4.69, 9.17) is 21.7 Å². The van der Waals surface area contributed by atoms with E-state index in [2.05, 4.69) is 0 Å². The largest absolute Gasteiger partial charge is 0.481 e. The second-order valence-electron chi connectivity index (χ2n) is 2.11. The zero-order valence-corrected chi connectivity index (χ0v) is 5.90. The molecule has 0 amide bonds. The van der Waals surface area contributed by atoms with Crippen molar-refractivity contribution in [3.8, 4) is 12.3 Å². The molecule has 0 radical (unpaired) electrons. The Kier molecular flexibility index (Phi) is 4.27. The molecule has 0 spiro atoms. The first-order chi connectivity index (χ1) is 5.07. The van der Waals surface area contributed by atoms with Crippen molar-refractivity contribution in [3.63, 3.8) is 0 Å². The molecule has 0 aromatic heterocycles. The number of terminal acetylenes is 1. The Hall–Kier alpha value is -1.05. The number of hydrogen-bond acceptors (Lipinski definition) is 3. The Labute approximate surface area is 64.5 Å². The molecule has 0 aromatic rings. The van der Waals surface area contributed by atoms with Crippen LogP contribution in [0.25, 0.3) is 0 Å². The number of carboxylic acid groups (broad SMARTS) is 1. The molecule has 4 heteroatoms. The molecule has 0 heterocycles. The monoisotopic (exact) mass is 158 g/mol. The Balaban J connectivity index is 3.62. The van der Waals surface area contributed by atoms with Gasteiger partial charge in [-0.3, -0.25) is 4.79 Å². The van der Waals surface area contributed by atoms with Crippen molar-refractivity contribution >= 4 is 5.97 Å². The normalized spacial score (nSPS) is 15.0. The van der Waals surface area contributed by atoms with Gasteiger partial charge in [0, 0.05) is 6.42 Å². The summed E-state index contributed by atoms with van der Waals surface area (Å²) in [5.74, 6) is 0.881. The number of aliphatic carboxylic acids is 1. The van der Waals surface area contributed by atoms with Gasteiger partial charge in [0.05, 0.1) is 6.10 Å². The van der Waals surface area contributed by atoms with E-state index in [9.17, 15) is 4.79 Å². The van der Waals surface area contributed by atoms with Crippen molar-refractivity contribution in [2.24, 2.45) is 0 Å². The van der Waals surface area contributed by atoms with Gasteiger partial charge in [-0.05, 0) is 6.42 Å². The summed E-state index contributed by atoms with van der Waals surface area (Å²) >= 11 is 0. The smallest absolute Gasteiger partial charge is 0.303 e. The Morgan fingerprint density at radius 3 is 2.45 bits per heavy atom. The lowest BCUT2D eigenvalue weighted by Crippen LogP contribution is -2.24. The second-order valence-corrected chi connectivity index (χ2v) is 2.11. The molecule has 0 aliphatic rings. The summed E-state index contributed by atoms with van der Waals surface area (Å²) in [5, 5.41) is 25.8. The van der Waals surface area contributed by atoms with Gasteiger partial charge in [0.2, 0.25) is 0 Å². The lowest BCUT2D eigenvalue weighted by molar-refractivity contribution is -0.137. The zero-order valence-electron chi connectivity index (χ0n) is 5.90. The fourth-order valence-corrected chi connectivity index (χ4v) is 0.540. The molecule has 2 atom stereocenters. The fraction of sp³-hybridized carbons (Fsp3) is 0.571. The minimum atomic E-state index is -1.27. The SMILES string of the molecule is C#C[C@H](O)[C@@H](O)CCC(=O)O. The van der Waals surface area contributed by atoms with E-state index in [0.29, 0.717) is 0 Å². The van der Waals surface area contributed by atoms with Gasteiger partial charge >= 0.3 is 5.97 Å². The first-order valence-corrected chi connectivity index (χ1v) is 3.12. The van der Waals surface area contributed by atoms with Gasteiger partial charge in [0.25, 0.3) is 0 Å². The van der Waals surface area contributed by atoms with Crippen molar-refractivity contribution in [3.05, 3.63) is 0 Å². The molecule has 0 aromatic carbocycles. The Morgan fingerprint density at radius 1 is 1.55 bits per heavy atom. The first-order valence-electron chi connectivity index (χ1n) is 3.12. The molecule has 4 nitrogen and oxygen atoms in total. The van der Waals surface area contributed by atoms with Crippen LogP contribution in [0.2, 0.25) is 0 Å². The summed E-state index contributed by atoms with van der Waals surface area (Å²) in [5.41, 5.74) is 0. The van der Waals surface area contributed by atoms with Crippen LogP contribution in [0.4, 0.5) is 0 Å². The molecule has 11 heavy (non-hydrogen) atoms. The minimum absolute atomic E-state index is 0.0271. The molecule has 0 bridgehead atoms. The highest BCUT2D eigenvalue weighted by molar-refractivity contribution is 5.66. The summed E-state index contributed by atoms with van der Waals surface area (Å²) < 4.78 is 0. The van der Waals surface area contributed by atoms with Crippen LogP contribution in [0, 0.1) is 12.3 Å². The van der Waals surface area contributed by atoms with E-state index >= 15 is 0 Å². The topological polar surface area (TPSA) is 77.8 Å². The van der Waals surface area contributed by atoms with Crippen LogP contribution in [0.5, 0.6) is 0 Å². The quantitative estimate of drug-likeness (QED) is 0.468. The standard InChI is InChI=1S/C7H10O4/c1-2-5(8)6(9)3-4-7(10)11/h1,5-6,8-9H,3-4H2,(H,10,11)/t5-,6-/m0/s1. The summed E-state index contributed by atoms with van der Waals surface area (Å²) in [4.78, 5) is 9.97. The summed E-state index contributed by atoms with van der Waals surface area (Å²) in [7, 11) is 0. The molecule has 0 aliphatic heterocycles. The molecule has 0 fully saturated rings. The Bertz CT molecular complexity index is 170. The predicted molar refractivity (Wildman–Crippen MR) is 37.7 cm³/mol. The highest BCUT2D eigenvalue weighted by atomic mass is 16.4. The minimum Gasteiger partial charge on any atom is -0.481 e. The van der Waals surface area contributed by atoms with E-state index in [1.165, 1.54) is 0 Å². The molecule has 0 rings (SSSR count). The summed E-state index contributed by atoms with van der Waals surface area (Å²) in [6, 6.07) is 0. The number of carbonyl (C=O) groups is 1. The van der Waals surface area contributed by atoms with Crippen LogP contribution in [-0.2, 0) is 4.79 Å². The third-order valence-corrected chi connectivity index (χ3v) is 1.19. The summed E-state index contributed by atoms with van der Waals surface area (Å²) in [6.07, 6.45) is 2.14.